The summed E-state index contributed by atoms with van der Waals surface area (Å²) in [5, 5.41) is 14.5. The number of hydrogen-bond donors (Lipinski definition) is 1. The molecular formula is C21H22N2. The standard InChI is InChI=1S/C21H22N2/c1-18(23-17-10-6-4-2-3-5-9-16-22)20-15-11-13-19-12-7-8-14-21(19)20/h6-8,10-15,18,23H,3,5,9,17H2,1H3/t18-/m1/s1. The third-order valence-corrected chi connectivity index (χ3v) is 3.73. The number of unbranched alkanes of at least 4 members (excludes halogenated alkanes) is 2. The Morgan fingerprint density at radius 3 is 2.83 bits per heavy atom. The number of rotatable bonds is 6. The predicted molar refractivity (Wildman–Crippen MR) is 96.7 cm³/mol. The van der Waals surface area contributed by atoms with Crippen molar-refractivity contribution in [3.05, 3.63) is 60.2 Å². The predicted octanol–water partition coefficient (Wildman–Crippen LogP) is 4.74. The summed E-state index contributed by atoms with van der Waals surface area (Å²) in [5.74, 6) is 6.06. The molecule has 116 valence electrons. The van der Waals surface area contributed by atoms with E-state index in [0.29, 0.717) is 6.42 Å². The number of benzene rings is 2. The Bertz CT molecular complexity index is 751. The minimum Gasteiger partial charge on any atom is -0.307 e. The monoisotopic (exact) mass is 302 g/mol. The molecular weight excluding hydrogens is 280 g/mol. The Labute approximate surface area is 138 Å². The quantitative estimate of drug-likeness (QED) is 0.618. The zero-order chi connectivity index (χ0) is 16.3. The number of fused-ring (bicyclic) bond motifs is 1. The minimum atomic E-state index is 0.286. The van der Waals surface area contributed by atoms with Gasteiger partial charge in [0, 0.05) is 25.4 Å². The van der Waals surface area contributed by atoms with Crippen molar-refractivity contribution in [2.24, 2.45) is 0 Å². The lowest BCUT2D eigenvalue weighted by Gasteiger charge is -2.15. The first-order valence-corrected chi connectivity index (χ1v) is 8.04. The molecule has 0 aliphatic heterocycles. The van der Waals surface area contributed by atoms with Gasteiger partial charge in [0.25, 0.3) is 0 Å². The molecule has 0 heterocycles. The molecule has 0 saturated carbocycles. The van der Waals surface area contributed by atoms with Crippen molar-refractivity contribution in [3.8, 4) is 17.9 Å². The summed E-state index contributed by atoms with van der Waals surface area (Å²) < 4.78 is 0. The van der Waals surface area contributed by atoms with Crippen LogP contribution < -0.4 is 5.32 Å². The molecule has 0 aliphatic carbocycles. The third-order valence-electron chi connectivity index (χ3n) is 3.73. The van der Waals surface area contributed by atoms with Crippen LogP contribution in [-0.4, -0.2) is 6.54 Å². The first kappa shape index (κ1) is 16.8. The Morgan fingerprint density at radius 2 is 1.96 bits per heavy atom. The molecule has 2 nitrogen and oxygen atoms in total. The van der Waals surface area contributed by atoms with Crippen molar-refractivity contribution in [1.29, 1.82) is 5.26 Å². The highest BCUT2D eigenvalue weighted by molar-refractivity contribution is 5.86. The minimum absolute atomic E-state index is 0.286. The molecule has 0 saturated heterocycles. The van der Waals surface area contributed by atoms with Crippen molar-refractivity contribution >= 4 is 10.8 Å². The Kier molecular flexibility index (Phi) is 6.92. The first-order valence-electron chi connectivity index (χ1n) is 8.04. The Morgan fingerprint density at radius 1 is 1.13 bits per heavy atom. The molecule has 0 bridgehead atoms. The Hall–Kier alpha value is -2.55. The van der Waals surface area contributed by atoms with E-state index in [4.69, 9.17) is 5.26 Å². The summed E-state index contributed by atoms with van der Waals surface area (Å²) in [5.41, 5.74) is 1.32. The van der Waals surface area contributed by atoms with Crippen LogP contribution in [0.4, 0.5) is 0 Å². The summed E-state index contributed by atoms with van der Waals surface area (Å²) in [6.45, 7) is 2.97. The van der Waals surface area contributed by atoms with E-state index in [0.717, 1.165) is 19.4 Å². The van der Waals surface area contributed by atoms with Crippen molar-refractivity contribution in [1.82, 2.24) is 5.32 Å². The van der Waals surface area contributed by atoms with Gasteiger partial charge in [-0.2, -0.15) is 5.26 Å². The number of allylic oxidation sites excluding steroid dienone is 1. The molecule has 1 N–H and O–H groups in total. The summed E-state index contributed by atoms with van der Waals surface area (Å²) in [7, 11) is 0. The van der Waals surface area contributed by atoms with Gasteiger partial charge in [0.2, 0.25) is 0 Å². The van der Waals surface area contributed by atoms with E-state index >= 15 is 0 Å². The van der Waals surface area contributed by atoms with Crippen molar-refractivity contribution in [2.45, 2.75) is 32.2 Å². The molecule has 2 aromatic rings. The highest BCUT2D eigenvalue weighted by atomic mass is 14.9. The van der Waals surface area contributed by atoms with Crippen LogP contribution in [0.5, 0.6) is 0 Å². The van der Waals surface area contributed by atoms with Gasteiger partial charge in [0.15, 0.2) is 0 Å². The van der Waals surface area contributed by atoms with Gasteiger partial charge in [-0.15, -0.1) is 0 Å². The fourth-order valence-corrected chi connectivity index (χ4v) is 2.49. The maximum atomic E-state index is 8.43. The molecule has 0 aliphatic rings. The van der Waals surface area contributed by atoms with Crippen molar-refractivity contribution in [3.63, 3.8) is 0 Å². The SMILES string of the molecule is C[C@@H](NCC=CC#CCCCC#N)c1cccc2ccccc12. The number of hydrogen-bond acceptors (Lipinski definition) is 2. The number of nitrogens with zero attached hydrogens (tertiary/aromatic N) is 1. The number of nitriles is 1. The van der Waals surface area contributed by atoms with Crippen LogP contribution in [0, 0.1) is 23.2 Å². The topological polar surface area (TPSA) is 35.8 Å². The second-order valence-electron chi connectivity index (χ2n) is 5.43. The van der Waals surface area contributed by atoms with Crippen LogP contribution in [0.25, 0.3) is 10.8 Å². The second-order valence-corrected chi connectivity index (χ2v) is 5.43. The van der Waals surface area contributed by atoms with Gasteiger partial charge in [-0.25, -0.2) is 0 Å². The van der Waals surface area contributed by atoms with Gasteiger partial charge < -0.3 is 5.32 Å². The molecule has 0 amide bonds. The van der Waals surface area contributed by atoms with Crippen LogP contribution in [0.15, 0.2) is 54.6 Å². The average Bonchev–Trinajstić information content (AvgIpc) is 2.59. The van der Waals surface area contributed by atoms with E-state index in [1.165, 1.54) is 16.3 Å². The van der Waals surface area contributed by atoms with Crippen LogP contribution in [0.2, 0.25) is 0 Å². The molecule has 2 aromatic carbocycles. The highest BCUT2D eigenvalue weighted by Crippen LogP contribution is 2.23. The van der Waals surface area contributed by atoms with Gasteiger partial charge in [-0.3, -0.25) is 0 Å². The summed E-state index contributed by atoms with van der Waals surface area (Å²) in [6, 6.07) is 17.3. The van der Waals surface area contributed by atoms with E-state index in [1.54, 1.807) is 0 Å². The van der Waals surface area contributed by atoms with E-state index in [9.17, 15) is 0 Å². The van der Waals surface area contributed by atoms with Gasteiger partial charge in [-0.1, -0.05) is 60.4 Å². The molecule has 0 radical (unpaired) electrons. The molecule has 23 heavy (non-hydrogen) atoms. The van der Waals surface area contributed by atoms with Gasteiger partial charge >= 0.3 is 0 Å². The lowest BCUT2D eigenvalue weighted by molar-refractivity contribution is 0.621. The maximum Gasteiger partial charge on any atom is 0.0622 e. The number of nitrogens with one attached hydrogen (secondary N) is 1. The summed E-state index contributed by atoms with van der Waals surface area (Å²) >= 11 is 0. The third kappa shape index (κ3) is 5.29. The molecule has 0 spiro atoms. The summed E-state index contributed by atoms with van der Waals surface area (Å²) in [4.78, 5) is 0. The zero-order valence-electron chi connectivity index (χ0n) is 13.5. The van der Waals surface area contributed by atoms with Gasteiger partial charge in [0.1, 0.15) is 0 Å². The van der Waals surface area contributed by atoms with Gasteiger partial charge in [-0.05, 0) is 35.8 Å². The molecule has 1 atom stereocenters. The fraction of sp³-hybridized carbons (Fsp3) is 0.286. The van der Waals surface area contributed by atoms with E-state index in [1.807, 2.05) is 12.2 Å². The van der Waals surface area contributed by atoms with Gasteiger partial charge in [0.05, 0.1) is 6.07 Å². The van der Waals surface area contributed by atoms with Crippen molar-refractivity contribution in [2.75, 3.05) is 6.54 Å². The van der Waals surface area contributed by atoms with Crippen molar-refractivity contribution < 1.29 is 0 Å². The van der Waals surface area contributed by atoms with E-state index in [2.05, 4.69) is 72.6 Å². The smallest absolute Gasteiger partial charge is 0.0622 e. The highest BCUT2D eigenvalue weighted by Gasteiger charge is 2.07. The average molecular weight is 302 g/mol. The molecule has 2 heteroatoms. The van der Waals surface area contributed by atoms with E-state index in [-0.39, 0.29) is 6.04 Å². The maximum absolute atomic E-state index is 8.43. The lowest BCUT2D eigenvalue weighted by atomic mass is 10.00. The summed E-state index contributed by atoms with van der Waals surface area (Å²) in [6.07, 6.45) is 6.15. The second kappa shape index (κ2) is 9.46. The molecule has 2 rings (SSSR count). The molecule has 0 fully saturated rings. The van der Waals surface area contributed by atoms with Crippen LogP contribution in [0.1, 0.15) is 37.8 Å². The molecule has 0 aromatic heterocycles. The first-order chi connectivity index (χ1) is 11.3. The van der Waals surface area contributed by atoms with Crippen LogP contribution in [-0.2, 0) is 0 Å². The van der Waals surface area contributed by atoms with Crippen LogP contribution >= 0.6 is 0 Å². The Balaban J connectivity index is 1.85. The zero-order valence-corrected chi connectivity index (χ0v) is 13.5. The van der Waals surface area contributed by atoms with E-state index < -0.39 is 0 Å². The molecule has 0 unspecified atom stereocenters. The lowest BCUT2D eigenvalue weighted by Crippen LogP contribution is -2.18. The van der Waals surface area contributed by atoms with Crippen LogP contribution in [0.3, 0.4) is 0 Å². The largest absolute Gasteiger partial charge is 0.307 e. The normalized spacial score (nSPS) is 11.8. The fourth-order valence-electron chi connectivity index (χ4n) is 2.49.